The van der Waals surface area contributed by atoms with Crippen LogP contribution in [0.25, 0.3) is 0 Å². The number of aliphatic hydroxyl groups excluding tert-OH is 2. The molecule has 2 N–H and O–H groups in total. The number of ether oxygens (including phenoxy) is 1. The molecule has 1 rings (SSSR count). The zero-order chi connectivity index (χ0) is 10.4. The van der Waals surface area contributed by atoms with Crippen molar-refractivity contribution in [2.24, 2.45) is 0 Å². The molecule has 0 aliphatic carbocycles. The summed E-state index contributed by atoms with van der Waals surface area (Å²) in [5.74, 6) is 0. The summed E-state index contributed by atoms with van der Waals surface area (Å²) >= 11 is 0. The van der Waals surface area contributed by atoms with Crippen LogP contribution in [0.4, 0.5) is 0 Å². The van der Waals surface area contributed by atoms with Gasteiger partial charge in [-0.2, -0.15) is 0 Å². The van der Waals surface area contributed by atoms with E-state index in [1.54, 1.807) is 0 Å². The van der Waals surface area contributed by atoms with Crippen molar-refractivity contribution in [2.45, 2.75) is 37.8 Å². The van der Waals surface area contributed by atoms with E-state index in [4.69, 9.17) is 14.3 Å². The molecule has 0 aromatic heterocycles. The number of rotatable bonds is 5. The molecule has 1 fully saturated rings. The summed E-state index contributed by atoms with van der Waals surface area (Å²) in [5, 5.41) is 17.9. The first-order valence-corrected chi connectivity index (χ1v) is 10.6. The number of hydrogen-bond donors (Lipinski definition) is 2. The fourth-order valence-electron chi connectivity index (χ4n) is 1.84. The summed E-state index contributed by atoms with van der Waals surface area (Å²) in [6.07, 6.45) is 1.09. The Bertz CT molecular complexity index is 152. The van der Waals surface area contributed by atoms with Crippen LogP contribution in [0.1, 0.15) is 19.8 Å². The van der Waals surface area contributed by atoms with Crippen LogP contribution >= 0.6 is 0 Å². The zero-order valence-electron chi connectivity index (χ0n) is 8.69. The zero-order valence-corrected chi connectivity index (χ0v) is 11.3. The first kappa shape index (κ1) is 12.3. The molecule has 0 amide bonds. The molecule has 3 atom stereocenters. The van der Waals surface area contributed by atoms with E-state index in [2.05, 4.69) is 6.92 Å². The van der Waals surface area contributed by atoms with E-state index < -0.39 is 14.6 Å². The van der Waals surface area contributed by atoms with Crippen molar-refractivity contribution in [2.75, 3.05) is 13.2 Å². The Morgan fingerprint density at radius 1 is 1.64 bits per heavy atom. The Hall–Kier alpha value is 0.274. The molecule has 4 nitrogen and oxygen atoms in total. The number of aliphatic hydroxyl groups is 2. The molecule has 1 aliphatic rings. The van der Waals surface area contributed by atoms with E-state index in [-0.39, 0.29) is 21.6 Å². The van der Waals surface area contributed by atoms with Gasteiger partial charge in [0.2, 0.25) is 0 Å². The molecule has 0 spiro atoms. The van der Waals surface area contributed by atoms with Gasteiger partial charge in [-0.1, -0.05) is 13.0 Å². The van der Waals surface area contributed by atoms with Gasteiger partial charge >= 0.3 is 0 Å². The molecular formula is C8H20O4Si2. The second kappa shape index (κ2) is 6.70. The van der Waals surface area contributed by atoms with Crippen LogP contribution < -0.4 is 0 Å². The van der Waals surface area contributed by atoms with Crippen LogP contribution in [0.3, 0.4) is 0 Å². The number of hydrogen-bond acceptors (Lipinski definition) is 4. The minimum absolute atomic E-state index is 0.198. The lowest BCUT2D eigenvalue weighted by Gasteiger charge is -2.29. The van der Waals surface area contributed by atoms with Crippen molar-refractivity contribution in [3.63, 3.8) is 0 Å². The van der Waals surface area contributed by atoms with Crippen molar-refractivity contribution >= 4 is 17.6 Å². The van der Waals surface area contributed by atoms with Gasteiger partial charge in [0.25, 0.3) is 0 Å². The predicted octanol–water partition coefficient (Wildman–Crippen LogP) is -1.14. The van der Waals surface area contributed by atoms with Gasteiger partial charge in [-0.05, 0) is 12.8 Å². The molecule has 3 unspecified atom stereocenters. The maximum atomic E-state index is 9.21. The van der Waals surface area contributed by atoms with Crippen molar-refractivity contribution in [1.29, 1.82) is 0 Å². The van der Waals surface area contributed by atoms with Gasteiger partial charge in [-0.15, -0.1) is 0 Å². The van der Waals surface area contributed by atoms with E-state index in [1.807, 2.05) is 0 Å². The largest absolute Gasteiger partial charge is 0.427 e. The van der Waals surface area contributed by atoms with Crippen LogP contribution in [-0.2, 0) is 9.16 Å². The molecule has 0 aromatic carbocycles. The third kappa shape index (κ3) is 3.80. The Kier molecular flexibility index (Phi) is 5.91. The van der Waals surface area contributed by atoms with Crippen molar-refractivity contribution in [3.8, 4) is 0 Å². The molecule has 1 heterocycles. The summed E-state index contributed by atoms with van der Waals surface area (Å²) in [5.41, 5.74) is 0.198. The fourth-order valence-corrected chi connectivity index (χ4v) is 9.78. The van der Waals surface area contributed by atoms with Gasteiger partial charge < -0.3 is 19.4 Å². The minimum Gasteiger partial charge on any atom is -0.427 e. The summed E-state index contributed by atoms with van der Waals surface area (Å²) in [6, 6.07) is 1.28. The van der Waals surface area contributed by atoms with E-state index >= 15 is 0 Å². The Labute approximate surface area is 88.6 Å². The van der Waals surface area contributed by atoms with Gasteiger partial charge in [-0.25, -0.2) is 0 Å². The SMILES string of the molecule is CCC(OC(O)CO)[SiH]1CCCO[SiH2]1. The summed E-state index contributed by atoms with van der Waals surface area (Å²) in [4.78, 5) is 0. The van der Waals surface area contributed by atoms with Gasteiger partial charge in [-0.3, -0.25) is 0 Å². The van der Waals surface area contributed by atoms with Gasteiger partial charge in [0, 0.05) is 12.3 Å². The normalized spacial score (nSPS) is 28.9. The molecule has 1 aliphatic heterocycles. The lowest BCUT2D eigenvalue weighted by atomic mass is 10.5. The summed E-state index contributed by atoms with van der Waals surface area (Å²) in [6.45, 7) is 2.69. The third-order valence-corrected chi connectivity index (χ3v) is 11.2. The second-order valence-corrected chi connectivity index (χ2v) is 11.4. The maximum Gasteiger partial charge on any atom is 0.177 e. The standard InChI is InChI=1S/C8H20O4Si2/c1-2-8(12-7(10)6-9)14-5-3-4-11-13-14/h7-10,14H,2-6,13H2,1H3. The Balaban J connectivity index is 2.35. The van der Waals surface area contributed by atoms with Crippen molar-refractivity contribution < 1.29 is 19.4 Å². The molecule has 0 saturated carbocycles. The van der Waals surface area contributed by atoms with Gasteiger partial charge in [0.1, 0.15) is 9.28 Å². The third-order valence-electron chi connectivity index (χ3n) is 2.61. The Morgan fingerprint density at radius 2 is 2.43 bits per heavy atom. The van der Waals surface area contributed by atoms with Crippen LogP contribution in [0.5, 0.6) is 0 Å². The lowest BCUT2D eigenvalue weighted by Crippen LogP contribution is -2.44. The van der Waals surface area contributed by atoms with E-state index in [0.717, 1.165) is 19.4 Å². The van der Waals surface area contributed by atoms with E-state index in [1.165, 1.54) is 6.04 Å². The molecule has 84 valence electrons. The molecule has 14 heavy (non-hydrogen) atoms. The quantitative estimate of drug-likeness (QED) is 0.468. The smallest absolute Gasteiger partial charge is 0.177 e. The van der Waals surface area contributed by atoms with Gasteiger partial charge in [0.15, 0.2) is 6.29 Å². The average Bonchev–Trinajstić information content (AvgIpc) is 2.26. The molecule has 0 radical (unpaired) electrons. The van der Waals surface area contributed by atoms with Crippen molar-refractivity contribution in [3.05, 3.63) is 0 Å². The highest BCUT2D eigenvalue weighted by Gasteiger charge is 2.27. The monoisotopic (exact) mass is 236 g/mol. The molecule has 1 saturated heterocycles. The van der Waals surface area contributed by atoms with Crippen LogP contribution in [0.2, 0.25) is 6.04 Å². The highest BCUT2D eigenvalue weighted by atomic mass is 29.2. The first-order chi connectivity index (χ1) is 6.77. The molecule has 0 aromatic rings. The van der Waals surface area contributed by atoms with Gasteiger partial charge in [0.05, 0.1) is 14.9 Å². The fraction of sp³-hybridized carbons (Fsp3) is 1.00. The maximum absolute atomic E-state index is 9.21. The molecule has 0 bridgehead atoms. The lowest BCUT2D eigenvalue weighted by molar-refractivity contribution is -0.137. The van der Waals surface area contributed by atoms with Crippen LogP contribution in [0.15, 0.2) is 0 Å². The Morgan fingerprint density at radius 3 is 2.93 bits per heavy atom. The second-order valence-electron chi connectivity index (χ2n) is 3.70. The molecular weight excluding hydrogens is 216 g/mol. The predicted molar refractivity (Wildman–Crippen MR) is 59.3 cm³/mol. The molecule has 6 heteroatoms. The minimum atomic E-state index is -0.997. The summed E-state index contributed by atoms with van der Waals surface area (Å²) in [7, 11) is -1.25. The first-order valence-electron chi connectivity index (χ1n) is 5.30. The van der Waals surface area contributed by atoms with Crippen LogP contribution in [0, 0.1) is 0 Å². The average molecular weight is 236 g/mol. The van der Waals surface area contributed by atoms with Crippen molar-refractivity contribution in [1.82, 2.24) is 0 Å². The van der Waals surface area contributed by atoms with E-state index in [0.29, 0.717) is 0 Å². The highest BCUT2D eigenvalue weighted by Crippen LogP contribution is 2.14. The van der Waals surface area contributed by atoms with E-state index in [9.17, 15) is 5.11 Å². The van der Waals surface area contributed by atoms with Crippen LogP contribution in [-0.4, -0.2) is 53.0 Å². The highest BCUT2D eigenvalue weighted by molar-refractivity contribution is 7.10. The summed E-state index contributed by atoms with van der Waals surface area (Å²) < 4.78 is 11.0. The topological polar surface area (TPSA) is 58.9 Å².